The van der Waals surface area contributed by atoms with Crippen molar-refractivity contribution in [3.05, 3.63) is 59.2 Å². The van der Waals surface area contributed by atoms with E-state index in [0.29, 0.717) is 0 Å². The number of hydrogen-bond donors (Lipinski definition) is 2. The zero-order chi connectivity index (χ0) is 13.2. The summed E-state index contributed by atoms with van der Waals surface area (Å²) >= 11 is 3.49. The minimum atomic E-state index is 0.228. The Morgan fingerprint density at radius 3 is 2.42 bits per heavy atom. The van der Waals surface area contributed by atoms with Gasteiger partial charge in [0.15, 0.2) is 0 Å². The van der Waals surface area contributed by atoms with E-state index >= 15 is 0 Å². The molecule has 0 aliphatic rings. The fraction of sp³-hybridized carbons (Fsp3) is 0. The molecule has 0 radical (unpaired) electrons. The lowest BCUT2D eigenvalue weighted by Gasteiger charge is -1.97. The quantitative estimate of drug-likeness (QED) is 0.744. The maximum atomic E-state index is 9.51. The topological polar surface area (TPSA) is 48.9 Å². The van der Waals surface area contributed by atoms with E-state index in [-0.39, 0.29) is 5.75 Å². The summed E-state index contributed by atoms with van der Waals surface area (Å²) in [6, 6.07) is 17.0. The predicted molar refractivity (Wildman–Crippen MR) is 78.8 cm³/mol. The van der Waals surface area contributed by atoms with Crippen LogP contribution in [0.15, 0.2) is 59.2 Å². The van der Waals surface area contributed by atoms with Crippen LogP contribution >= 0.6 is 15.9 Å². The van der Waals surface area contributed by atoms with Crippen LogP contribution in [0, 0.1) is 0 Å². The number of H-pyrrole nitrogens is 1. The number of hydrogen-bond acceptors (Lipinski definition) is 2. The number of nitrogens with zero attached hydrogens (tertiary/aromatic N) is 1. The highest BCUT2D eigenvalue weighted by atomic mass is 79.9. The molecule has 94 valence electrons. The van der Waals surface area contributed by atoms with E-state index in [1.807, 2.05) is 36.4 Å². The van der Waals surface area contributed by atoms with Gasteiger partial charge in [0.2, 0.25) is 0 Å². The third-order valence-electron chi connectivity index (χ3n) is 2.83. The number of aromatic amines is 1. The molecule has 0 aliphatic heterocycles. The highest BCUT2D eigenvalue weighted by Crippen LogP contribution is 2.30. The van der Waals surface area contributed by atoms with Crippen LogP contribution in [0.25, 0.3) is 22.6 Å². The number of aromatic hydroxyl groups is 1. The van der Waals surface area contributed by atoms with Gasteiger partial charge in [-0.1, -0.05) is 42.5 Å². The maximum Gasteiger partial charge on any atom is 0.139 e. The van der Waals surface area contributed by atoms with Crippen molar-refractivity contribution in [3.8, 4) is 28.4 Å². The van der Waals surface area contributed by atoms with Crippen LogP contribution in [0.1, 0.15) is 0 Å². The second kappa shape index (κ2) is 4.90. The zero-order valence-electron chi connectivity index (χ0n) is 9.97. The van der Waals surface area contributed by atoms with E-state index in [1.165, 1.54) is 0 Å². The highest BCUT2D eigenvalue weighted by molar-refractivity contribution is 9.10. The molecule has 0 fully saturated rings. The smallest absolute Gasteiger partial charge is 0.139 e. The SMILES string of the molecule is Oc1cccc(-c2nc(-c3ccccc3)c(Br)[nH]2)c1. The van der Waals surface area contributed by atoms with Crippen LogP contribution in [0.3, 0.4) is 0 Å². The van der Waals surface area contributed by atoms with Gasteiger partial charge in [0.25, 0.3) is 0 Å². The van der Waals surface area contributed by atoms with Gasteiger partial charge in [-0.05, 0) is 28.1 Å². The number of benzene rings is 2. The molecule has 1 heterocycles. The molecule has 3 rings (SSSR count). The van der Waals surface area contributed by atoms with Crippen LogP contribution in [0.2, 0.25) is 0 Å². The molecule has 0 amide bonds. The van der Waals surface area contributed by atoms with Crippen molar-refractivity contribution in [1.29, 1.82) is 0 Å². The number of aromatic nitrogens is 2. The largest absolute Gasteiger partial charge is 0.508 e. The first kappa shape index (κ1) is 12.0. The Morgan fingerprint density at radius 2 is 1.68 bits per heavy atom. The summed E-state index contributed by atoms with van der Waals surface area (Å²) in [5, 5.41) is 9.51. The van der Waals surface area contributed by atoms with E-state index in [1.54, 1.807) is 18.2 Å². The molecule has 19 heavy (non-hydrogen) atoms. The highest BCUT2D eigenvalue weighted by Gasteiger charge is 2.11. The molecule has 3 aromatic rings. The third-order valence-corrected chi connectivity index (χ3v) is 3.40. The molecule has 1 aromatic heterocycles. The Morgan fingerprint density at radius 1 is 0.947 bits per heavy atom. The fourth-order valence-corrected chi connectivity index (χ4v) is 2.43. The number of imidazole rings is 1. The third kappa shape index (κ3) is 2.39. The van der Waals surface area contributed by atoms with Gasteiger partial charge in [-0.15, -0.1) is 0 Å². The number of phenolic OH excluding ortho intramolecular Hbond substituents is 1. The average Bonchev–Trinajstić information content (AvgIpc) is 2.82. The number of rotatable bonds is 2. The number of halogens is 1. The first-order valence-electron chi connectivity index (χ1n) is 5.84. The average molecular weight is 315 g/mol. The van der Waals surface area contributed by atoms with Crippen LogP contribution in [0.4, 0.5) is 0 Å². The van der Waals surface area contributed by atoms with Gasteiger partial charge >= 0.3 is 0 Å². The molecule has 0 saturated carbocycles. The summed E-state index contributed by atoms with van der Waals surface area (Å²) in [5.74, 6) is 0.952. The van der Waals surface area contributed by atoms with Gasteiger partial charge in [0, 0.05) is 11.1 Å². The second-order valence-electron chi connectivity index (χ2n) is 4.16. The lowest BCUT2D eigenvalue weighted by molar-refractivity contribution is 0.475. The molecule has 0 aliphatic carbocycles. The molecule has 2 aromatic carbocycles. The fourth-order valence-electron chi connectivity index (χ4n) is 1.93. The molecule has 4 heteroatoms. The minimum Gasteiger partial charge on any atom is -0.508 e. The molecule has 0 saturated heterocycles. The normalized spacial score (nSPS) is 10.6. The summed E-state index contributed by atoms with van der Waals surface area (Å²) in [5.41, 5.74) is 2.75. The summed E-state index contributed by atoms with van der Waals surface area (Å²) in [7, 11) is 0. The van der Waals surface area contributed by atoms with E-state index < -0.39 is 0 Å². The van der Waals surface area contributed by atoms with Crippen molar-refractivity contribution < 1.29 is 5.11 Å². The monoisotopic (exact) mass is 314 g/mol. The summed E-state index contributed by atoms with van der Waals surface area (Å²) in [4.78, 5) is 7.76. The lowest BCUT2D eigenvalue weighted by Crippen LogP contribution is -1.80. The Labute approximate surface area is 119 Å². The van der Waals surface area contributed by atoms with Crippen molar-refractivity contribution in [3.63, 3.8) is 0 Å². The molecule has 0 bridgehead atoms. The van der Waals surface area contributed by atoms with Crippen LogP contribution in [-0.4, -0.2) is 15.1 Å². The van der Waals surface area contributed by atoms with Gasteiger partial charge in [0.1, 0.15) is 21.9 Å². The predicted octanol–water partition coefficient (Wildman–Crippen LogP) is 4.21. The standard InChI is InChI=1S/C15H11BrN2O/c16-14-13(10-5-2-1-3-6-10)17-15(18-14)11-7-4-8-12(19)9-11/h1-9,19H,(H,17,18). The Kier molecular flexibility index (Phi) is 3.09. The zero-order valence-corrected chi connectivity index (χ0v) is 11.6. The molecular weight excluding hydrogens is 304 g/mol. The maximum absolute atomic E-state index is 9.51. The van der Waals surface area contributed by atoms with E-state index in [4.69, 9.17) is 0 Å². The first-order chi connectivity index (χ1) is 9.24. The Hall–Kier alpha value is -2.07. The summed E-state index contributed by atoms with van der Waals surface area (Å²) < 4.78 is 0.831. The number of nitrogens with one attached hydrogen (secondary N) is 1. The van der Waals surface area contributed by atoms with Gasteiger partial charge in [0.05, 0.1) is 0 Å². The van der Waals surface area contributed by atoms with E-state index in [9.17, 15) is 5.11 Å². The summed E-state index contributed by atoms with van der Waals surface area (Å²) in [6.07, 6.45) is 0. The molecule has 2 N–H and O–H groups in total. The van der Waals surface area contributed by atoms with Crippen molar-refractivity contribution in [2.24, 2.45) is 0 Å². The first-order valence-corrected chi connectivity index (χ1v) is 6.63. The van der Waals surface area contributed by atoms with E-state index in [2.05, 4.69) is 25.9 Å². The molecule has 0 spiro atoms. The van der Waals surface area contributed by atoms with Gasteiger partial charge in [-0.25, -0.2) is 4.98 Å². The molecular formula is C15H11BrN2O. The molecule has 3 nitrogen and oxygen atoms in total. The molecule has 0 atom stereocenters. The summed E-state index contributed by atoms with van der Waals surface area (Å²) in [6.45, 7) is 0. The Bertz CT molecular complexity index is 707. The van der Waals surface area contributed by atoms with Crippen molar-refractivity contribution >= 4 is 15.9 Å². The van der Waals surface area contributed by atoms with Crippen LogP contribution < -0.4 is 0 Å². The second-order valence-corrected chi connectivity index (χ2v) is 4.96. The van der Waals surface area contributed by atoms with Gasteiger partial charge in [-0.2, -0.15) is 0 Å². The van der Waals surface area contributed by atoms with Crippen LogP contribution in [-0.2, 0) is 0 Å². The van der Waals surface area contributed by atoms with Crippen molar-refractivity contribution in [2.45, 2.75) is 0 Å². The van der Waals surface area contributed by atoms with Gasteiger partial charge in [-0.3, -0.25) is 0 Å². The van der Waals surface area contributed by atoms with Crippen LogP contribution in [0.5, 0.6) is 5.75 Å². The number of phenols is 1. The lowest BCUT2D eigenvalue weighted by atomic mass is 10.2. The van der Waals surface area contributed by atoms with E-state index in [0.717, 1.165) is 27.2 Å². The molecule has 0 unspecified atom stereocenters. The van der Waals surface area contributed by atoms with Gasteiger partial charge < -0.3 is 10.1 Å². The minimum absolute atomic E-state index is 0.228. The van der Waals surface area contributed by atoms with Crippen molar-refractivity contribution in [1.82, 2.24) is 9.97 Å². The Balaban J connectivity index is 2.07. The van der Waals surface area contributed by atoms with Crippen molar-refractivity contribution in [2.75, 3.05) is 0 Å².